The second kappa shape index (κ2) is 4.15. The van der Waals surface area contributed by atoms with Crippen LogP contribution >= 0.6 is 0 Å². The van der Waals surface area contributed by atoms with Gasteiger partial charge in [-0.2, -0.15) is 5.26 Å². The van der Waals surface area contributed by atoms with Crippen LogP contribution in [0.5, 0.6) is 0 Å². The van der Waals surface area contributed by atoms with E-state index in [0.29, 0.717) is 0 Å². The van der Waals surface area contributed by atoms with E-state index in [1.54, 1.807) is 0 Å². The molecule has 15 heavy (non-hydrogen) atoms. The van der Waals surface area contributed by atoms with Gasteiger partial charge in [-0.15, -0.1) is 0 Å². The Bertz CT molecular complexity index is 254. The summed E-state index contributed by atoms with van der Waals surface area (Å²) < 4.78 is 11.7. The molecular formula is C11H20BNO2. The van der Waals surface area contributed by atoms with E-state index in [2.05, 4.69) is 6.07 Å². The molecule has 1 aliphatic heterocycles. The monoisotopic (exact) mass is 209 g/mol. The molecule has 0 aromatic carbocycles. The van der Waals surface area contributed by atoms with E-state index in [-0.39, 0.29) is 24.2 Å². The standard InChI is InChI=1S/C11H20BNO2/c1-9(8-13)6-7-12-14-10(2,3)11(4,5)15-12/h9H,6-7H2,1-5H3. The Morgan fingerprint density at radius 3 is 2.07 bits per heavy atom. The van der Waals surface area contributed by atoms with E-state index in [9.17, 15) is 0 Å². The average molecular weight is 209 g/mol. The summed E-state index contributed by atoms with van der Waals surface area (Å²) >= 11 is 0. The lowest BCUT2D eigenvalue weighted by Crippen LogP contribution is -2.41. The molecule has 4 heteroatoms. The third kappa shape index (κ3) is 2.73. The van der Waals surface area contributed by atoms with Gasteiger partial charge in [-0.3, -0.25) is 0 Å². The number of nitriles is 1. The first kappa shape index (κ1) is 12.5. The summed E-state index contributed by atoms with van der Waals surface area (Å²) in [5.74, 6) is 0.0732. The lowest BCUT2D eigenvalue weighted by molar-refractivity contribution is 0.00578. The highest BCUT2D eigenvalue weighted by Gasteiger charge is 2.50. The highest BCUT2D eigenvalue weighted by atomic mass is 16.7. The van der Waals surface area contributed by atoms with E-state index >= 15 is 0 Å². The van der Waals surface area contributed by atoms with Crippen molar-refractivity contribution in [2.45, 2.75) is 58.6 Å². The SMILES string of the molecule is CC(C#N)CCB1OC(C)(C)C(C)(C)O1. The van der Waals surface area contributed by atoms with Gasteiger partial charge in [0.15, 0.2) is 0 Å². The fourth-order valence-corrected chi connectivity index (χ4v) is 1.53. The summed E-state index contributed by atoms with van der Waals surface area (Å²) in [4.78, 5) is 0. The summed E-state index contributed by atoms with van der Waals surface area (Å²) in [6.45, 7) is 10.1. The molecule has 0 aromatic rings. The predicted molar refractivity (Wildman–Crippen MR) is 60.3 cm³/mol. The smallest absolute Gasteiger partial charge is 0.403 e. The van der Waals surface area contributed by atoms with Crippen LogP contribution in [0.15, 0.2) is 0 Å². The van der Waals surface area contributed by atoms with Crippen LogP contribution in [-0.2, 0) is 9.31 Å². The molecule has 3 nitrogen and oxygen atoms in total. The third-order valence-electron chi connectivity index (χ3n) is 3.36. The molecule has 0 N–H and O–H groups in total. The van der Waals surface area contributed by atoms with E-state index in [0.717, 1.165) is 12.7 Å². The van der Waals surface area contributed by atoms with Crippen molar-refractivity contribution in [1.29, 1.82) is 5.26 Å². The minimum absolute atomic E-state index is 0.0732. The number of rotatable bonds is 3. The molecule has 0 radical (unpaired) electrons. The van der Waals surface area contributed by atoms with Gasteiger partial charge in [0.25, 0.3) is 0 Å². The molecule has 84 valence electrons. The van der Waals surface area contributed by atoms with Gasteiger partial charge in [0, 0.05) is 5.92 Å². The van der Waals surface area contributed by atoms with Crippen LogP contribution in [0.25, 0.3) is 0 Å². The Labute approximate surface area is 92.9 Å². The van der Waals surface area contributed by atoms with Crippen LogP contribution in [0, 0.1) is 17.2 Å². The molecule has 1 unspecified atom stereocenters. The largest absolute Gasteiger partial charge is 0.457 e. The fraction of sp³-hybridized carbons (Fsp3) is 0.909. The Morgan fingerprint density at radius 2 is 1.67 bits per heavy atom. The van der Waals surface area contributed by atoms with Crippen molar-refractivity contribution >= 4 is 7.12 Å². The van der Waals surface area contributed by atoms with Crippen LogP contribution in [0.3, 0.4) is 0 Å². The molecule has 1 aliphatic rings. The van der Waals surface area contributed by atoms with Gasteiger partial charge in [0.1, 0.15) is 0 Å². The molecule has 1 atom stereocenters. The van der Waals surface area contributed by atoms with E-state index in [1.165, 1.54) is 0 Å². The molecule has 1 rings (SSSR count). The molecule has 0 bridgehead atoms. The Hall–Kier alpha value is -0.525. The Kier molecular flexibility index (Phi) is 3.47. The third-order valence-corrected chi connectivity index (χ3v) is 3.36. The highest BCUT2D eigenvalue weighted by molar-refractivity contribution is 6.45. The van der Waals surface area contributed by atoms with Crippen LogP contribution in [-0.4, -0.2) is 18.3 Å². The zero-order valence-electron chi connectivity index (χ0n) is 10.3. The topological polar surface area (TPSA) is 42.2 Å². The van der Waals surface area contributed by atoms with Crippen LogP contribution in [0.2, 0.25) is 6.32 Å². The molecule has 1 saturated heterocycles. The fourth-order valence-electron chi connectivity index (χ4n) is 1.53. The molecule has 0 aliphatic carbocycles. The molecule has 0 amide bonds. The molecule has 0 spiro atoms. The summed E-state index contributed by atoms with van der Waals surface area (Å²) in [5.41, 5.74) is -0.513. The highest BCUT2D eigenvalue weighted by Crippen LogP contribution is 2.38. The van der Waals surface area contributed by atoms with Gasteiger partial charge in [-0.1, -0.05) is 0 Å². The minimum atomic E-state index is -0.256. The van der Waals surface area contributed by atoms with Gasteiger partial charge in [0.05, 0.1) is 17.3 Å². The maximum atomic E-state index is 8.68. The molecule has 0 aromatic heterocycles. The van der Waals surface area contributed by atoms with E-state index < -0.39 is 0 Å². The lowest BCUT2D eigenvalue weighted by atomic mass is 9.80. The van der Waals surface area contributed by atoms with Crippen molar-refractivity contribution in [2.24, 2.45) is 5.92 Å². The molecule has 1 fully saturated rings. The summed E-state index contributed by atoms with van der Waals surface area (Å²) in [6.07, 6.45) is 1.62. The van der Waals surface area contributed by atoms with Crippen molar-refractivity contribution < 1.29 is 9.31 Å². The summed E-state index contributed by atoms with van der Waals surface area (Å²) in [7, 11) is -0.161. The van der Waals surface area contributed by atoms with Crippen LogP contribution < -0.4 is 0 Å². The zero-order valence-corrected chi connectivity index (χ0v) is 10.3. The quantitative estimate of drug-likeness (QED) is 0.671. The van der Waals surface area contributed by atoms with Gasteiger partial charge >= 0.3 is 7.12 Å². The first-order chi connectivity index (χ1) is 6.78. The maximum Gasteiger partial charge on any atom is 0.457 e. The van der Waals surface area contributed by atoms with Crippen LogP contribution in [0.1, 0.15) is 41.0 Å². The number of hydrogen-bond donors (Lipinski definition) is 0. The second-order valence-corrected chi connectivity index (χ2v) is 5.29. The van der Waals surface area contributed by atoms with E-state index in [1.807, 2.05) is 34.6 Å². The maximum absolute atomic E-state index is 8.68. The number of nitrogens with zero attached hydrogens (tertiary/aromatic N) is 1. The molecule has 0 saturated carbocycles. The van der Waals surface area contributed by atoms with Crippen molar-refractivity contribution in [3.05, 3.63) is 0 Å². The van der Waals surface area contributed by atoms with Gasteiger partial charge < -0.3 is 9.31 Å². The minimum Gasteiger partial charge on any atom is -0.403 e. The number of hydrogen-bond acceptors (Lipinski definition) is 3. The van der Waals surface area contributed by atoms with Crippen molar-refractivity contribution in [3.63, 3.8) is 0 Å². The van der Waals surface area contributed by atoms with Gasteiger partial charge in [-0.05, 0) is 47.4 Å². The van der Waals surface area contributed by atoms with E-state index in [4.69, 9.17) is 14.6 Å². The Morgan fingerprint density at radius 1 is 1.20 bits per heavy atom. The molecule has 1 heterocycles. The van der Waals surface area contributed by atoms with Crippen molar-refractivity contribution in [2.75, 3.05) is 0 Å². The first-order valence-corrected chi connectivity index (χ1v) is 5.54. The van der Waals surface area contributed by atoms with Crippen molar-refractivity contribution in [1.82, 2.24) is 0 Å². The second-order valence-electron chi connectivity index (χ2n) is 5.29. The zero-order chi connectivity index (χ0) is 11.7. The predicted octanol–water partition coefficient (Wildman–Crippen LogP) is 2.63. The first-order valence-electron chi connectivity index (χ1n) is 5.54. The lowest BCUT2D eigenvalue weighted by Gasteiger charge is -2.32. The summed E-state index contributed by atoms with van der Waals surface area (Å²) in [6, 6.07) is 2.22. The normalized spacial score (nSPS) is 24.9. The van der Waals surface area contributed by atoms with Gasteiger partial charge in [-0.25, -0.2) is 0 Å². The van der Waals surface area contributed by atoms with Gasteiger partial charge in [0.2, 0.25) is 0 Å². The van der Waals surface area contributed by atoms with Crippen LogP contribution in [0.4, 0.5) is 0 Å². The Balaban J connectivity index is 2.47. The molecular weight excluding hydrogens is 189 g/mol. The summed E-state index contributed by atoms with van der Waals surface area (Å²) in [5, 5.41) is 8.68. The average Bonchev–Trinajstić information content (AvgIpc) is 2.31. The van der Waals surface area contributed by atoms with Crippen molar-refractivity contribution in [3.8, 4) is 6.07 Å².